The van der Waals surface area contributed by atoms with Crippen LogP contribution in [0.3, 0.4) is 0 Å². The fourth-order valence-electron chi connectivity index (χ4n) is 3.24. The Kier molecular flexibility index (Phi) is 6.26. The first-order valence-electron chi connectivity index (χ1n) is 10.1. The topological polar surface area (TPSA) is 99.3 Å². The molecule has 0 fully saturated rings. The maximum absolute atomic E-state index is 12.5. The number of para-hydroxylation sites is 1. The van der Waals surface area contributed by atoms with Gasteiger partial charge < -0.3 is 10.1 Å². The van der Waals surface area contributed by atoms with E-state index in [-0.39, 0.29) is 5.69 Å². The number of anilines is 1. The predicted molar refractivity (Wildman–Crippen MR) is 126 cm³/mol. The van der Waals surface area contributed by atoms with Gasteiger partial charge in [0.1, 0.15) is 5.75 Å². The van der Waals surface area contributed by atoms with E-state index in [2.05, 4.69) is 5.32 Å². The summed E-state index contributed by atoms with van der Waals surface area (Å²) in [5.41, 5.74) is 3.42. The molecule has 0 spiro atoms. The van der Waals surface area contributed by atoms with Crippen LogP contribution in [0.2, 0.25) is 0 Å². The van der Waals surface area contributed by atoms with Crippen LogP contribution in [0, 0.1) is 10.1 Å². The highest BCUT2D eigenvalue weighted by molar-refractivity contribution is 6.02. The molecule has 4 rings (SSSR count). The summed E-state index contributed by atoms with van der Waals surface area (Å²) in [6.07, 6.45) is 4.88. The molecule has 0 unspecified atom stereocenters. The third-order valence-electron chi connectivity index (χ3n) is 4.87. The van der Waals surface area contributed by atoms with Crippen LogP contribution >= 0.6 is 0 Å². The van der Waals surface area contributed by atoms with E-state index in [4.69, 9.17) is 9.84 Å². The number of carbonyl (C=O) groups is 1. The second kappa shape index (κ2) is 9.61. The molecular formula is C25H20N4O4. The highest BCUT2D eigenvalue weighted by atomic mass is 16.6. The number of aromatic nitrogens is 2. The molecule has 0 atom stereocenters. The summed E-state index contributed by atoms with van der Waals surface area (Å²) < 4.78 is 6.98. The zero-order valence-electron chi connectivity index (χ0n) is 17.7. The SMILES string of the molecule is COc1ccc(-c2nn(-c3ccccc3)cc2/C=C/C(=O)Nc2cccc([N+](=O)[O-])c2)cc1. The number of methoxy groups -OCH3 is 1. The lowest BCUT2D eigenvalue weighted by Crippen LogP contribution is -2.07. The van der Waals surface area contributed by atoms with Crippen molar-refractivity contribution in [3.8, 4) is 22.7 Å². The average molecular weight is 440 g/mol. The molecule has 0 aliphatic carbocycles. The first kappa shape index (κ1) is 21.5. The van der Waals surface area contributed by atoms with E-state index in [1.807, 2.05) is 60.8 Å². The lowest BCUT2D eigenvalue weighted by Gasteiger charge is -2.03. The van der Waals surface area contributed by atoms with Gasteiger partial charge in [0.05, 0.1) is 23.4 Å². The van der Waals surface area contributed by atoms with Crippen molar-refractivity contribution in [3.63, 3.8) is 0 Å². The lowest BCUT2D eigenvalue weighted by molar-refractivity contribution is -0.384. The van der Waals surface area contributed by atoms with Gasteiger partial charge in [0.15, 0.2) is 0 Å². The van der Waals surface area contributed by atoms with Crippen molar-refractivity contribution in [3.05, 3.63) is 107 Å². The molecule has 4 aromatic rings. The number of hydrogen-bond donors (Lipinski definition) is 1. The third kappa shape index (κ3) is 5.13. The van der Waals surface area contributed by atoms with Gasteiger partial charge in [-0.25, -0.2) is 4.68 Å². The van der Waals surface area contributed by atoms with E-state index in [1.165, 1.54) is 24.3 Å². The van der Waals surface area contributed by atoms with Crippen molar-refractivity contribution >= 4 is 23.4 Å². The minimum absolute atomic E-state index is 0.0947. The Morgan fingerprint density at radius 1 is 1.06 bits per heavy atom. The number of nitro benzene ring substituents is 1. The number of nitrogens with one attached hydrogen (secondary N) is 1. The van der Waals surface area contributed by atoms with Crippen molar-refractivity contribution in [1.29, 1.82) is 0 Å². The van der Waals surface area contributed by atoms with Crippen LogP contribution in [0.15, 0.2) is 91.1 Å². The number of benzene rings is 3. The highest BCUT2D eigenvalue weighted by Crippen LogP contribution is 2.27. The van der Waals surface area contributed by atoms with Gasteiger partial charge >= 0.3 is 0 Å². The number of non-ortho nitro benzene ring substituents is 1. The van der Waals surface area contributed by atoms with E-state index >= 15 is 0 Å². The van der Waals surface area contributed by atoms with Gasteiger partial charge in [0, 0.05) is 41.2 Å². The molecule has 0 aliphatic rings. The van der Waals surface area contributed by atoms with Crippen molar-refractivity contribution in [1.82, 2.24) is 9.78 Å². The molecule has 0 saturated carbocycles. The van der Waals surface area contributed by atoms with Crippen molar-refractivity contribution in [2.24, 2.45) is 0 Å². The smallest absolute Gasteiger partial charge is 0.271 e. The largest absolute Gasteiger partial charge is 0.497 e. The molecule has 164 valence electrons. The zero-order chi connectivity index (χ0) is 23.2. The summed E-state index contributed by atoms with van der Waals surface area (Å²) in [7, 11) is 1.60. The number of ether oxygens (including phenoxy) is 1. The summed E-state index contributed by atoms with van der Waals surface area (Å²) in [6, 6.07) is 22.9. The fraction of sp³-hybridized carbons (Fsp3) is 0.0400. The third-order valence-corrected chi connectivity index (χ3v) is 4.87. The standard InChI is InChI=1S/C25H20N4O4/c1-33-23-13-10-18(11-14-23)25-19(17-28(27-25)21-7-3-2-4-8-21)12-15-24(30)26-20-6-5-9-22(16-20)29(31)32/h2-17H,1H3,(H,26,30)/b15-12+. The van der Waals surface area contributed by atoms with Gasteiger partial charge in [-0.05, 0) is 48.5 Å². The Labute approximate surface area is 189 Å². The number of hydrogen-bond acceptors (Lipinski definition) is 5. The molecular weight excluding hydrogens is 420 g/mol. The first-order valence-corrected chi connectivity index (χ1v) is 10.1. The lowest BCUT2D eigenvalue weighted by atomic mass is 10.1. The molecule has 1 heterocycles. The summed E-state index contributed by atoms with van der Waals surface area (Å²) in [5, 5.41) is 18.3. The zero-order valence-corrected chi connectivity index (χ0v) is 17.7. The summed E-state index contributed by atoms with van der Waals surface area (Å²) in [6.45, 7) is 0. The molecule has 0 aliphatic heterocycles. The molecule has 1 N–H and O–H groups in total. The molecule has 8 nitrogen and oxygen atoms in total. The van der Waals surface area contributed by atoms with Crippen molar-refractivity contribution < 1.29 is 14.5 Å². The van der Waals surface area contributed by atoms with E-state index in [9.17, 15) is 14.9 Å². The van der Waals surface area contributed by atoms with E-state index in [1.54, 1.807) is 23.9 Å². The Morgan fingerprint density at radius 2 is 1.82 bits per heavy atom. The van der Waals surface area contributed by atoms with Gasteiger partial charge in [-0.1, -0.05) is 24.3 Å². The summed E-state index contributed by atoms with van der Waals surface area (Å²) >= 11 is 0. The number of rotatable bonds is 7. The predicted octanol–water partition coefficient (Wildman–Crippen LogP) is 5.11. The van der Waals surface area contributed by atoms with E-state index in [0.29, 0.717) is 11.4 Å². The molecule has 1 aromatic heterocycles. The molecule has 0 saturated heterocycles. The minimum atomic E-state index is -0.509. The van der Waals surface area contributed by atoms with Gasteiger partial charge in [0.2, 0.25) is 5.91 Å². The molecule has 33 heavy (non-hydrogen) atoms. The number of amides is 1. The van der Waals surface area contributed by atoms with Crippen LogP contribution in [-0.2, 0) is 4.79 Å². The van der Waals surface area contributed by atoms with Gasteiger partial charge in [0.25, 0.3) is 5.69 Å². The average Bonchev–Trinajstić information content (AvgIpc) is 3.28. The molecule has 0 bridgehead atoms. The van der Waals surface area contributed by atoms with Crippen LogP contribution in [-0.4, -0.2) is 27.7 Å². The molecule has 0 radical (unpaired) electrons. The van der Waals surface area contributed by atoms with Crippen LogP contribution in [0.5, 0.6) is 5.75 Å². The Bertz CT molecular complexity index is 1310. The van der Waals surface area contributed by atoms with Crippen LogP contribution in [0.4, 0.5) is 11.4 Å². The normalized spacial score (nSPS) is 10.8. The number of nitrogens with zero attached hydrogens (tertiary/aromatic N) is 3. The molecule has 8 heteroatoms. The second-order valence-corrected chi connectivity index (χ2v) is 7.07. The Balaban J connectivity index is 1.63. The van der Waals surface area contributed by atoms with Crippen molar-refractivity contribution in [2.75, 3.05) is 12.4 Å². The van der Waals surface area contributed by atoms with Gasteiger partial charge in [-0.3, -0.25) is 14.9 Å². The highest BCUT2D eigenvalue weighted by Gasteiger charge is 2.12. The van der Waals surface area contributed by atoms with Crippen LogP contribution < -0.4 is 10.1 Å². The minimum Gasteiger partial charge on any atom is -0.497 e. The van der Waals surface area contributed by atoms with Crippen LogP contribution in [0.1, 0.15) is 5.56 Å². The van der Waals surface area contributed by atoms with Crippen molar-refractivity contribution in [2.45, 2.75) is 0 Å². The first-order chi connectivity index (χ1) is 16.0. The quantitative estimate of drug-likeness (QED) is 0.245. The fourth-order valence-corrected chi connectivity index (χ4v) is 3.24. The van der Waals surface area contributed by atoms with E-state index in [0.717, 1.165) is 22.6 Å². The Hall–Kier alpha value is -4.72. The number of nitro groups is 1. The monoisotopic (exact) mass is 440 g/mol. The second-order valence-electron chi connectivity index (χ2n) is 7.07. The Morgan fingerprint density at radius 3 is 2.52 bits per heavy atom. The van der Waals surface area contributed by atoms with Gasteiger partial charge in [-0.15, -0.1) is 0 Å². The number of carbonyl (C=O) groups excluding carboxylic acids is 1. The summed E-state index contributed by atoms with van der Waals surface area (Å²) in [4.78, 5) is 22.9. The maximum atomic E-state index is 12.5. The molecule has 1 amide bonds. The van der Waals surface area contributed by atoms with Crippen LogP contribution in [0.25, 0.3) is 23.0 Å². The molecule has 3 aromatic carbocycles. The maximum Gasteiger partial charge on any atom is 0.271 e. The van der Waals surface area contributed by atoms with Gasteiger partial charge in [-0.2, -0.15) is 5.10 Å². The van der Waals surface area contributed by atoms with E-state index < -0.39 is 10.8 Å². The summed E-state index contributed by atoms with van der Waals surface area (Å²) in [5.74, 6) is 0.318.